The number of halogens is 2. The SMILES string of the molecule is O=C1CSCC1Cc1ccc(Cl)c(F)c1. The molecule has 1 aliphatic rings. The van der Waals surface area contributed by atoms with Crippen molar-refractivity contribution in [1.82, 2.24) is 0 Å². The van der Waals surface area contributed by atoms with Crippen LogP contribution in [0.25, 0.3) is 0 Å². The zero-order valence-electron chi connectivity index (χ0n) is 8.00. The second-order valence-corrected chi connectivity index (χ2v) is 5.07. The third-order valence-corrected chi connectivity index (χ3v) is 3.92. The van der Waals surface area contributed by atoms with E-state index in [2.05, 4.69) is 0 Å². The van der Waals surface area contributed by atoms with Crippen LogP contribution in [-0.2, 0) is 11.2 Å². The summed E-state index contributed by atoms with van der Waals surface area (Å²) in [5.74, 6) is 1.36. The van der Waals surface area contributed by atoms with Gasteiger partial charge in [-0.05, 0) is 24.1 Å². The van der Waals surface area contributed by atoms with Crippen molar-refractivity contribution in [3.63, 3.8) is 0 Å². The molecule has 0 aromatic heterocycles. The van der Waals surface area contributed by atoms with Gasteiger partial charge in [0, 0.05) is 11.7 Å². The van der Waals surface area contributed by atoms with Crippen LogP contribution in [0.15, 0.2) is 18.2 Å². The Kier molecular flexibility index (Phi) is 3.32. The first-order valence-corrected chi connectivity index (χ1v) is 6.24. The van der Waals surface area contributed by atoms with E-state index in [0.29, 0.717) is 12.2 Å². The van der Waals surface area contributed by atoms with E-state index in [1.54, 1.807) is 23.9 Å². The Morgan fingerprint density at radius 2 is 2.33 bits per heavy atom. The van der Waals surface area contributed by atoms with Crippen LogP contribution in [0.4, 0.5) is 4.39 Å². The maximum absolute atomic E-state index is 13.1. The maximum atomic E-state index is 13.1. The van der Waals surface area contributed by atoms with Gasteiger partial charge < -0.3 is 0 Å². The van der Waals surface area contributed by atoms with Crippen LogP contribution in [0.5, 0.6) is 0 Å². The van der Waals surface area contributed by atoms with Crippen molar-refractivity contribution in [2.24, 2.45) is 5.92 Å². The van der Waals surface area contributed by atoms with E-state index in [0.717, 1.165) is 11.3 Å². The molecular weight excluding hydrogens is 235 g/mol. The molecule has 1 nitrogen and oxygen atoms in total. The van der Waals surface area contributed by atoms with Crippen LogP contribution in [0, 0.1) is 11.7 Å². The number of hydrogen-bond donors (Lipinski definition) is 0. The van der Waals surface area contributed by atoms with Gasteiger partial charge in [0.1, 0.15) is 11.6 Å². The van der Waals surface area contributed by atoms with E-state index in [1.165, 1.54) is 6.07 Å². The fourth-order valence-corrected chi connectivity index (χ4v) is 2.90. The van der Waals surface area contributed by atoms with E-state index in [1.807, 2.05) is 0 Å². The van der Waals surface area contributed by atoms with Gasteiger partial charge in [0.25, 0.3) is 0 Å². The Morgan fingerprint density at radius 1 is 1.53 bits per heavy atom. The van der Waals surface area contributed by atoms with Crippen molar-refractivity contribution in [1.29, 1.82) is 0 Å². The second kappa shape index (κ2) is 4.54. The molecule has 1 fully saturated rings. The van der Waals surface area contributed by atoms with Crippen LogP contribution < -0.4 is 0 Å². The van der Waals surface area contributed by atoms with Crippen molar-refractivity contribution in [3.8, 4) is 0 Å². The van der Waals surface area contributed by atoms with Gasteiger partial charge in [0.05, 0.1) is 10.8 Å². The van der Waals surface area contributed by atoms with E-state index in [9.17, 15) is 9.18 Å². The normalized spacial score (nSPS) is 20.9. The third-order valence-electron chi connectivity index (χ3n) is 2.48. The molecule has 0 saturated carbocycles. The lowest BCUT2D eigenvalue weighted by Crippen LogP contribution is -2.14. The molecule has 0 spiro atoms. The summed E-state index contributed by atoms with van der Waals surface area (Å²) in [5.41, 5.74) is 0.845. The highest BCUT2D eigenvalue weighted by Crippen LogP contribution is 2.25. The molecule has 4 heteroatoms. The van der Waals surface area contributed by atoms with Gasteiger partial charge in [-0.2, -0.15) is 11.8 Å². The summed E-state index contributed by atoms with van der Waals surface area (Å²) >= 11 is 7.23. The Bertz CT molecular complexity index is 394. The number of carbonyl (C=O) groups is 1. The van der Waals surface area contributed by atoms with Crippen molar-refractivity contribution in [2.45, 2.75) is 6.42 Å². The van der Waals surface area contributed by atoms with Gasteiger partial charge in [-0.15, -0.1) is 0 Å². The first-order chi connectivity index (χ1) is 7.16. The van der Waals surface area contributed by atoms with E-state index >= 15 is 0 Å². The molecule has 0 radical (unpaired) electrons. The summed E-state index contributed by atoms with van der Waals surface area (Å²) < 4.78 is 13.1. The lowest BCUT2D eigenvalue weighted by atomic mass is 9.98. The lowest BCUT2D eigenvalue weighted by Gasteiger charge is -2.07. The lowest BCUT2D eigenvalue weighted by molar-refractivity contribution is -0.119. The predicted molar refractivity (Wildman–Crippen MR) is 60.9 cm³/mol. The third kappa shape index (κ3) is 2.52. The molecule has 2 rings (SSSR count). The zero-order valence-corrected chi connectivity index (χ0v) is 9.58. The van der Waals surface area contributed by atoms with Crippen LogP contribution in [-0.4, -0.2) is 17.3 Å². The molecule has 1 atom stereocenters. The number of hydrogen-bond acceptors (Lipinski definition) is 2. The highest BCUT2D eigenvalue weighted by molar-refractivity contribution is 8.00. The Labute approximate surface area is 97.0 Å². The zero-order chi connectivity index (χ0) is 10.8. The Hall–Kier alpha value is -0.540. The quantitative estimate of drug-likeness (QED) is 0.796. The first-order valence-electron chi connectivity index (χ1n) is 4.71. The molecule has 1 aliphatic heterocycles. The summed E-state index contributed by atoms with van der Waals surface area (Å²) in [4.78, 5) is 11.4. The summed E-state index contributed by atoms with van der Waals surface area (Å²) in [6, 6.07) is 4.74. The van der Waals surface area contributed by atoms with Gasteiger partial charge in [0.2, 0.25) is 0 Å². The molecule has 80 valence electrons. The van der Waals surface area contributed by atoms with Crippen molar-refractivity contribution in [3.05, 3.63) is 34.6 Å². The second-order valence-electron chi connectivity index (χ2n) is 3.63. The van der Waals surface area contributed by atoms with Crippen molar-refractivity contribution < 1.29 is 9.18 Å². The highest BCUT2D eigenvalue weighted by atomic mass is 35.5. The molecule has 0 amide bonds. The van der Waals surface area contributed by atoms with Gasteiger partial charge in [-0.3, -0.25) is 4.79 Å². The molecule has 15 heavy (non-hydrogen) atoms. The summed E-state index contributed by atoms with van der Waals surface area (Å²) in [6.07, 6.45) is 0.625. The number of thioether (sulfide) groups is 1. The van der Waals surface area contributed by atoms with Crippen LogP contribution in [0.3, 0.4) is 0 Å². The van der Waals surface area contributed by atoms with Gasteiger partial charge in [-0.1, -0.05) is 17.7 Å². The van der Waals surface area contributed by atoms with Crippen LogP contribution in [0.2, 0.25) is 5.02 Å². The predicted octanol–water partition coefficient (Wildman–Crippen LogP) is 2.95. The summed E-state index contributed by atoms with van der Waals surface area (Å²) in [7, 11) is 0. The van der Waals surface area contributed by atoms with Gasteiger partial charge in [-0.25, -0.2) is 4.39 Å². The number of benzene rings is 1. The molecule has 1 saturated heterocycles. The summed E-state index contributed by atoms with van der Waals surface area (Å²) in [5, 5.41) is 0.130. The molecule has 1 aromatic carbocycles. The van der Waals surface area contributed by atoms with Crippen molar-refractivity contribution in [2.75, 3.05) is 11.5 Å². The molecule has 1 aromatic rings. The van der Waals surface area contributed by atoms with Crippen molar-refractivity contribution >= 4 is 29.1 Å². The maximum Gasteiger partial charge on any atom is 0.146 e. The fraction of sp³-hybridized carbons (Fsp3) is 0.364. The molecule has 0 bridgehead atoms. The smallest absolute Gasteiger partial charge is 0.146 e. The summed E-state index contributed by atoms with van der Waals surface area (Å²) in [6.45, 7) is 0. The minimum atomic E-state index is -0.410. The highest BCUT2D eigenvalue weighted by Gasteiger charge is 2.25. The van der Waals surface area contributed by atoms with Crippen LogP contribution >= 0.6 is 23.4 Å². The monoisotopic (exact) mass is 244 g/mol. The standard InChI is InChI=1S/C11H10ClFOS/c12-9-2-1-7(4-10(9)13)3-8-5-15-6-11(8)14/h1-2,4,8H,3,5-6H2. The largest absolute Gasteiger partial charge is 0.298 e. The average Bonchev–Trinajstić information content (AvgIpc) is 2.59. The van der Waals surface area contributed by atoms with E-state index in [4.69, 9.17) is 11.6 Å². The minimum absolute atomic E-state index is 0.0515. The van der Waals surface area contributed by atoms with Gasteiger partial charge >= 0.3 is 0 Å². The molecule has 1 heterocycles. The number of carbonyl (C=O) groups excluding carboxylic acids is 1. The molecule has 0 aliphatic carbocycles. The average molecular weight is 245 g/mol. The fourth-order valence-electron chi connectivity index (χ4n) is 1.64. The van der Waals surface area contributed by atoms with Gasteiger partial charge in [0.15, 0.2) is 0 Å². The Morgan fingerprint density at radius 3 is 2.93 bits per heavy atom. The number of Topliss-reactive ketones (excluding diaryl/α,β-unsaturated/α-hetero) is 1. The van der Waals surface area contributed by atoms with E-state index < -0.39 is 5.82 Å². The molecule has 1 unspecified atom stereocenters. The minimum Gasteiger partial charge on any atom is -0.298 e. The van der Waals surface area contributed by atoms with E-state index in [-0.39, 0.29) is 16.7 Å². The number of rotatable bonds is 2. The van der Waals surface area contributed by atoms with Crippen LogP contribution in [0.1, 0.15) is 5.56 Å². The Balaban J connectivity index is 2.10. The number of ketones is 1. The first kappa shape index (κ1) is 11.0. The molecule has 0 N–H and O–H groups in total. The molecular formula is C11H10ClFOS. The topological polar surface area (TPSA) is 17.1 Å².